The number of para-hydroxylation sites is 2. The summed E-state index contributed by atoms with van der Waals surface area (Å²) >= 11 is 1.28. The van der Waals surface area contributed by atoms with E-state index >= 15 is 0 Å². The zero-order valence-corrected chi connectivity index (χ0v) is 17.7. The number of nitrogens with zero attached hydrogens (tertiary/aromatic N) is 3. The van der Waals surface area contributed by atoms with E-state index in [0.29, 0.717) is 33.4 Å². The van der Waals surface area contributed by atoms with Gasteiger partial charge in [-0.2, -0.15) is 0 Å². The average Bonchev–Trinajstić information content (AvgIpc) is 3.30. The van der Waals surface area contributed by atoms with Gasteiger partial charge in [-0.15, -0.1) is 10.2 Å². The summed E-state index contributed by atoms with van der Waals surface area (Å²) in [4.78, 5) is 28.1. The zero-order valence-electron chi connectivity index (χ0n) is 16.8. The fourth-order valence-electron chi connectivity index (χ4n) is 3.12. The second-order valence-electron chi connectivity index (χ2n) is 6.40. The number of hydrogen-bond acceptors (Lipinski definition) is 7. The van der Waals surface area contributed by atoms with E-state index < -0.39 is 11.2 Å². The molecule has 29 heavy (non-hydrogen) atoms. The molecule has 8 nitrogen and oxygen atoms in total. The van der Waals surface area contributed by atoms with Crippen molar-refractivity contribution in [2.75, 3.05) is 14.2 Å². The molecule has 3 rings (SSSR count). The summed E-state index contributed by atoms with van der Waals surface area (Å²) in [5.41, 5.74) is 2.75. The van der Waals surface area contributed by atoms with E-state index in [9.17, 15) is 9.59 Å². The van der Waals surface area contributed by atoms with Crippen molar-refractivity contribution in [1.82, 2.24) is 19.7 Å². The third kappa shape index (κ3) is 3.91. The number of nitrogens with one attached hydrogen (secondary N) is 1. The number of ketones is 1. The first kappa shape index (κ1) is 20.7. The number of Topliss-reactive ketones (excluding diaryl/α,β-unsaturated/α-hetero) is 1. The molecular weight excluding hydrogens is 392 g/mol. The van der Waals surface area contributed by atoms with Crippen molar-refractivity contribution in [3.63, 3.8) is 0 Å². The van der Waals surface area contributed by atoms with Crippen LogP contribution in [0.1, 0.15) is 39.0 Å². The van der Waals surface area contributed by atoms with Crippen LogP contribution in [0, 0.1) is 13.8 Å². The molecule has 2 aromatic heterocycles. The van der Waals surface area contributed by atoms with Crippen LogP contribution in [0.2, 0.25) is 0 Å². The second-order valence-corrected chi connectivity index (χ2v) is 7.70. The molecule has 1 atom stereocenters. The number of aromatic amines is 1. The third-order valence-corrected chi connectivity index (χ3v) is 5.64. The molecule has 0 aliphatic heterocycles. The lowest BCUT2D eigenvalue weighted by atomic mass is 10.1. The van der Waals surface area contributed by atoms with Crippen LogP contribution >= 0.6 is 11.8 Å². The van der Waals surface area contributed by atoms with Gasteiger partial charge in [-0.05, 0) is 38.5 Å². The van der Waals surface area contributed by atoms with Gasteiger partial charge >= 0.3 is 5.97 Å². The van der Waals surface area contributed by atoms with Crippen LogP contribution in [0.4, 0.5) is 0 Å². The highest BCUT2D eigenvalue weighted by Gasteiger charge is 2.27. The minimum atomic E-state index is -0.466. The molecule has 152 valence electrons. The molecule has 0 amide bonds. The molecule has 1 aromatic carbocycles. The van der Waals surface area contributed by atoms with Crippen LogP contribution in [0.25, 0.3) is 5.69 Å². The highest BCUT2D eigenvalue weighted by Crippen LogP contribution is 2.30. The van der Waals surface area contributed by atoms with Crippen molar-refractivity contribution < 1.29 is 19.1 Å². The number of thioether (sulfide) groups is 1. The Kier molecular flexibility index (Phi) is 6.07. The number of esters is 1. The molecule has 0 unspecified atom stereocenters. The Labute approximate surface area is 172 Å². The van der Waals surface area contributed by atoms with Gasteiger partial charge in [0.05, 0.1) is 36.4 Å². The first-order valence-electron chi connectivity index (χ1n) is 8.90. The van der Waals surface area contributed by atoms with Gasteiger partial charge in [0.15, 0.2) is 10.9 Å². The number of ether oxygens (including phenoxy) is 2. The number of aryl methyl sites for hydroxylation is 1. The molecule has 0 aliphatic rings. The minimum Gasteiger partial charge on any atom is -0.495 e. The van der Waals surface area contributed by atoms with Gasteiger partial charge in [0, 0.05) is 5.69 Å². The van der Waals surface area contributed by atoms with Crippen molar-refractivity contribution in [2.45, 2.75) is 31.2 Å². The molecule has 0 fully saturated rings. The molecule has 0 saturated heterocycles. The highest BCUT2D eigenvalue weighted by molar-refractivity contribution is 8.00. The smallest absolute Gasteiger partial charge is 0.339 e. The van der Waals surface area contributed by atoms with E-state index in [1.165, 1.54) is 18.9 Å². The van der Waals surface area contributed by atoms with Gasteiger partial charge in [-0.1, -0.05) is 23.9 Å². The molecule has 0 bridgehead atoms. The van der Waals surface area contributed by atoms with Gasteiger partial charge in [-0.3, -0.25) is 9.36 Å². The van der Waals surface area contributed by atoms with E-state index in [-0.39, 0.29) is 5.78 Å². The molecular formula is C20H22N4O4S. The molecule has 0 radical (unpaired) electrons. The Bertz CT molecular complexity index is 1060. The maximum absolute atomic E-state index is 13.1. The highest BCUT2D eigenvalue weighted by atomic mass is 32.2. The van der Waals surface area contributed by atoms with Gasteiger partial charge in [0.25, 0.3) is 0 Å². The number of hydrogen-bond donors (Lipinski definition) is 1. The monoisotopic (exact) mass is 414 g/mol. The normalized spacial score (nSPS) is 11.9. The summed E-state index contributed by atoms with van der Waals surface area (Å²) < 4.78 is 12.0. The molecule has 0 spiro atoms. The van der Waals surface area contributed by atoms with E-state index in [1.807, 2.05) is 24.3 Å². The maximum Gasteiger partial charge on any atom is 0.339 e. The Hall–Kier alpha value is -3.07. The van der Waals surface area contributed by atoms with Crippen LogP contribution in [-0.2, 0) is 4.74 Å². The molecule has 9 heteroatoms. The first-order chi connectivity index (χ1) is 13.9. The lowest BCUT2D eigenvalue weighted by Crippen LogP contribution is -2.16. The lowest BCUT2D eigenvalue weighted by molar-refractivity contribution is 0.0599. The van der Waals surface area contributed by atoms with E-state index in [1.54, 1.807) is 38.8 Å². The van der Waals surface area contributed by atoms with Gasteiger partial charge in [-0.25, -0.2) is 4.79 Å². The zero-order chi connectivity index (χ0) is 21.1. The standard InChI is InChI=1S/C20H22N4O4S/c1-11-16(19(26)28-5)12(2)22-17(11)18(25)13(3)29-20-23-21-10-24(20)14-8-6-7-9-15(14)27-4/h6-10,13,22H,1-5H3/t13-/m0/s1. The Morgan fingerprint density at radius 3 is 2.62 bits per heavy atom. The second kappa shape index (κ2) is 8.52. The fraction of sp³-hybridized carbons (Fsp3) is 0.300. The summed E-state index contributed by atoms with van der Waals surface area (Å²) in [7, 11) is 2.91. The van der Waals surface area contributed by atoms with Gasteiger partial charge < -0.3 is 14.5 Å². The molecule has 2 heterocycles. The van der Waals surface area contributed by atoms with E-state index in [2.05, 4.69) is 15.2 Å². The summed E-state index contributed by atoms with van der Waals surface area (Å²) in [5, 5.41) is 8.24. The number of aromatic nitrogens is 4. The summed E-state index contributed by atoms with van der Waals surface area (Å²) in [6.45, 7) is 5.27. The summed E-state index contributed by atoms with van der Waals surface area (Å²) in [6, 6.07) is 7.50. The van der Waals surface area contributed by atoms with Crippen molar-refractivity contribution >= 4 is 23.5 Å². The quantitative estimate of drug-likeness (QED) is 0.359. The molecule has 1 N–H and O–H groups in total. The lowest BCUT2D eigenvalue weighted by Gasteiger charge is -2.13. The van der Waals surface area contributed by atoms with Crippen molar-refractivity contribution in [3.05, 3.63) is 53.1 Å². The number of rotatable bonds is 7. The van der Waals surface area contributed by atoms with Crippen LogP contribution in [0.5, 0.6) is 5.75 Å². The van der Waals surface area contributed by atoms with Gasteiger partial charge in [0.2, 0.25) is 0 Å². The predicted molar refractivity (Wildman–Crippen MR) is 109 cm³/mol. The topological polar surface area (TPSA) is 99.1 Å². The first-order valence-corrected chi connectivity index (χ1v) is 9.78. The number of benzene rings is 1. The van der Waals surface area contributed by atoms with Gasteiger partial charge in [0.1, 0.15) is 12.1 Å². The maximum atomic E-state index is 13.1. The van der Waals surface area contributed by atoms with E-state index in [4.69, 9.17) is 9.47 Å². The van der Waals surface area contributed by atoms with Crippen LogP contribution in [0.15, 0.2) is 35.7 Å². The largest absolute Gasteiger partial charge is 0.495 e. The minimum absolute atomic E-state index is 0.139. The van der Waals surface area contributed by atoms with Crippen LogP contribution in [-0.4, -0.2) is 51.0 Å². The van der Waals surface area contributed by atoms with Crippen molar-refractivity contribution in [3.8, 4) is 11.4 Å². The fourth-order valence-corrected chi connectivity index (χ4v) is 4.01. The molecule has 0 aliphatic carbocycles. The Morgan fingerprint density at radius 1 is 1.21 bits per heavy atom. The third-order valence-electron chi connectivity index (χ3n) is 4.59. The SMILES string of the molecule is COC(=O)c1c(C)[nH]c(C(=O)[C@H](C)Sc2nncn2-c2ccccc2OC)c1C. The molecule has 0 saturated carbocycles. The Morgan fingerprint density at radius 2 is 1.93 bits per heavy atom. The number of H-pyrrole nitrogens is 1. The Balaban J connectivity index is 1.87. The van der Waals surface area contributed by atoms with E-state index in [0.717, 1.165) is 5.69 Å². The number of carbonyl (C=O) groups excluding carboxylic acids is 2. The number of methoxy groups -OCH3 is 2. The average molecular weight is 414 g/mol. The van der Waals surface area contributed by atoms with Crippen LogP contribution in [0.3, 0.4) is 0 Å². The summed E-state index contributed by atoms with van der Waals surface area (Å²) in [5.74, 6) is 0.0681. The van der Waals surface area contributed by atoms with Crippen molar-refractivity contribution in [2.24, 2.45) is 0 Å². The summed E-state index contributed by atoms with van der Waals surface area (Å²) in [6.07, 6.45) is 1.58. The van der Waals surface area contributed by atoms with Crippen LogP contribution < -0.4 is 4.74 Å². The number of carbonyl (C=O) groups is 2. The van der Waals surface area contributed by atoms with Crippen molar-refractivity contribution in [1.29, 1.82) is 0 Å². The molecule has 3 aromatic rings. The predicted octanol–water partition coefficient (Wildman–Crippen LogP) is 3.37.